The Labute approximate surface area is 259 Å². The number of imide groups is 1. The highest BCUT2D eigenvalue weighted by molar-refractivity contribution is 6.36. The Morgan fingerprint density at radius 2 is 1.48 bits per heavy atom. The molecule has 3 amide bonds. The summed E-state index contributed by atoms with van der Waals surface area (Å²) in [7, 11) is 0. The third kappa shape index (κ3) is 5.14. The summed E-state index contributed by atoms with van der Waals surface area (Å²) in [5.74, 6) is -4.62. The molecule has 13 heteroatoms. The number of carbonyl (C=O) groups is 5. The molecule has 1 aliphatic heterocycles. The number of ether oxygens (including phenoxy) is 1. The van der Waals surface area contributed by atoms with Crippen LogP contribution in [0.4, 0.5) is 5.69 Å². The summed E-state index contributed by atoms with van der Waals surface area (Å²) in [6.45, 7) is -0.653. The van der Waals surface area contributed by atoms with E-state index in [2.05, 4.69) is 0 Å². The maximum Gasteiger partial charge on any atom is 0.343 e. The molecular formula is C31H21Cl2N3O8. The van der Waals surface area contributed by atoms with E-state index >= 15 is 0 Å². The number of Topliss-reactive ketones (excluding diaryl/α,β-unsaturated/α-hetero) is 1. The van der Waals surface area contributed by atoms with E-state index in [4.69, 9.17) is 27.9 Å². The summed E-state index contributed by atoms with van der Waals surface area (Å²) in [6.07, 6.45) is 4.53. The first kappa shape index (κ1) is 29.2. The Balaban J connectivity index is 1.23. The van der Waals surface area contributed by atoms with Crippen molar-refractivity contribution in [3.05, 3.63) is 116 Å². The number of nitrogens with zero attached hydrogens (tertiary/aromatic N) is 3. The number of allylic oxidation sites excluding steroid dienone is 2. The quantitative estimate of drug-likeness (QED) is 0.0628. The number of halogens is 2. The van der Waals surface area contributed by atoms with Gasteiger partial charge in [-0.3, -0.25) is 29.3 Å². The Hall–Kier alpha value is -4.87. The van der Waals surface area contributed by atoms with Gasteiger partial charge in [0.15, 0.2) is 5.78 Å². The minimum atomic E-state index is -0.823. The number of fused-ring (bicyclic) bond motifs is 5. The summed E-state index contributed by atoms with van der Waals surface area (Å²) in [4.78, 5) is 77.1. The lowest BCUT2D eigenvalue weighted by Gasteiger charge is -2.31. The van der Waals surface area contributed by atoms with Crippen LogP contribution in [0.3, 0.4) is 0 Å². The highest BCUT2D eigenvalue weighted by atomic mass is 35.5. The van der Waals surface area contributed by atoms with Crippen LogP contribution in [0.1, 0.15) is 37.5 Å². The van der Waals surface area contributed by atoms with Crippen molar-refractivity contribution in [2.75, 3.05) is 6.54 Å². The van der Waals surface area contributed by atoms with Gasteiger partial charge in [0.1, 0.15) is 12.3 Å². The maximum atomic E-state index is 13.8. The van der Waals surface area contributed by atoms with Crippen molar-refractivity contribution < 1.29 is 33.6 Å². The van der Waals surface area contributed by atoms with Gasteiger partial charge in [-0.05, 0) is 72.9 Å². The number of hydrogen-bond acceptors (Lipinski definition) is 8. The van der Waals surface area contributed by atoms with Crippen LogP contribution in [0, 0.1) is 33.8 Å². The maximum absolute atomic E-state index is 13.8. The number of carbonyl (C=O) groups excluding carboxylic acids is 5. The predicted octanol–water partition coefficient (Wildman–Crippen LogP) is 5.17. The fourth-order valence-electron chi connectivity index (χ4n) is 5.98. The largest absolute Gasteiger partial charge is 0.423 e. The molecule has 2 aliphatic carbocycles. The van der Waals surface area contributed by atoms with Crippen LogP contribution >= 0.6 is 23.2 Å². The monoisotopic (exact) mass is 633 g/mol. The van der Waals surface area contributed by atoms with E-state index < -0.39 is 52.8 Å². The van der Waals surface area contributed by atoms with E-state index in [0.29, 0.717) is 6.42 Å². The molecule has 0 N–H and O–H groups in total. The zero-order valence-corrected chi connectivity index (χ0v) is 24.1. The number of amides is 3. The Morgan fingerprint density at radius 1 is 0.886 bits per heavy atom. The predicted molar refractivity (Wildman–Crippen MR) is 156 cm³/mol. The minimum Gasteiger partial charge on any atom is -0.423 e. The van der Waals surface area contributed by atoms with Crippen LogP contribution in [-0.2, 0) is 9.59 Å². The molecule has 1 saturated heterocycles. The summed E-state index contributed by atoms with van der Waals surface area (Å²) in [6, 6.07) is 14.5. The molecule has 0 unspecified atom stereocenters. The molecule has 6 rings (SSSR count). The molecule has 44 heavy (non-hydrogen) atoms. The fourth-order valence-corrected chi connectivity index (χ4v) is 6.47. The van der Waals surface area contributed by atoms with Crippen LogP contribution in [-0.4, -0.2) is 51.0 Å². The molecule has 2 bridgehead atoms. The molecule has 1 saturated carbocycles. The van der Waals surface area contributed by atoms with Crippen molar-refractivity contribution in [2.45, 2.75) is 6.42 Å². The van der Waals surface area contributed by atoms with Crippen molar-refractivity contribution in [1.82, 2.24) is 10.0 Å². The lowest BCUT2D eigenvalue weighted by atomic mass is 9.85. The summed E-state index contributed by atoms with van der Waals surface area (Å²) >= 11 is 12.3. The van der Waals surface area contributed by atoms with Crippen molar-refractivity contribution in [3.8, 4) is 5.75 Å². The Bertz CT molecular complexity index is 1740. The Morgan fingerprint density at radius 3 is 2.05 bits per heavy atom. The van der Waals surface area contributed by atoms with Gasteiger partial charge in [0.2, 0.25) is 0 Å². The summed E-state index contributed by atoms with van der Waals surface area (Å²) in [5.41, 5.74) is -0.0313. The zero-order valence-electron chi connectivity index (χ0n) is 22.6. The number of hydrazine groups is 1. The van der Waals surface area contributed by atoms with E-state index in [-0.39, 0.29) is 50.0 Å². The molecular weight excluding hydrogens is 613 g/mol. The normalized spacial score (nSPS) is 21.4. The highest BCUT2D eigenvalue weighted by Crippen LogP contribution is 2.52. The van der Waals surface area contributed by atoms with Crippen molar-refractivity contribution in [2.24, 2.45) is 23.7 Å². The lowest BCUT2D eigenvalue weighted by molar-refractivity contribution is -0.384. The second kappa shape index (κ2) is 11.3. The fraction of sp³-hybridized carbons (Fsp3) is 0.194. The van der Waals surface area contributed by atoms with E-state index in [1.54, 1.807) is 0 Å². The SMILES string of the molecule is O=C(CN(C(=O)c1ccc(Cl)cc1Cl)N1C(=O)[C@@H]2[C@H](C1=O)[C@H]1C=C[C@H]2C1)c1ccc(OC(=O)c2ccc([N+](=O)[O-])cc2)cc1. The number of non-ortho nitro benzene ring substituents is 1. The lowest BCUT2D eigenvalue weighted by Crippen LogP contribution is -2.52. The second-order valence-electron chi connectivity index (χ2n) is 10.6. The van der Waals surface area contributed by atoms with Crippen molar-refractivity contribution >= 4 is 58.4 Å². The van der Waals surface area contributed by atoms with Crippen LogP contribution < -0.4 is 4.74 Å². The standard InChI is InChI=1S/C31H21Cl2N3O8/c32-20-7-12-23(24(33)14-20)28(38)34(35-29(39)26-18-1-2-19(13-18)27(26)30(35)40)15-25(37)16-5-10-22(11-6-16)44-31(41)17-3-8-21(9-4-17)36(42)43/h1-12,14,18-19,26-27H,13,15H2/t18-,19-,26-,27+/m0/s1. The van der Waals surface area contributed by atoms with Gasteiger partial charge < -0.3 is 4.74 Å². The number of nitro groups is 1. The van der Waals surface area contributed by atoms with Crippen LogP contribution in [0.2, 0.25) is 10.0 Å². The van der Waals surface area contributed by atoms with E-state index in [9.17, 15) is 34.1 Å². The molecule has 222 valence electrons. The molecule has 4 atom stereocenters. The average molecular weight is 634 g/mol. The smallest absolute Gasteiger partial charge is 0.343 e. The average Bonchev–Trinajstić information content (AvgIpc) is 3.69. The number of ketones is 1. The van der Waals surface area contributed by atoms with Gasteiger partial charge in [0, 0.05) is 22.7 Å². The number of hydrogen-bond donors (Lipinski definition) is 0. The molecule has 3 aliphatic rings. The van der Waals surface area contributed by atoms with E-state index in [1.807, 2.05) is 12.2 Å². The minimum absolute atomic E-state index is 0.0137. The van der Waals surface area contributed by atoms with Gasteiger partial charge in [-0.1, -0.05) is 35.4 Å². The number of esters is 1. The Kier molecular flexibility index (Phi) is 7.52. The third-order valence-corrected chi connectivity index (χ3v) is 8.63. The first-order valence-electron chi connectivity index (χ1n) is 13.5. The van der Waals surface area contributed by atoms with Crippen LogP contribution in [0.5, 0.6) is 5.75 Å². The van der Waals surface area contributed by atoms with Gasteiger partial charge in [-0.2, -0.15) is 5.01 Å². The van der Waals surface area contributed by atoms with Gasteiger partial charge >= 0.3 is 5.97 Å². The molecule has 2 fully saturated rings. The van der Waals surface area contributed by atoms with Crippen molar-refractivity contribution in [3.63, 3.8) is 0 Å². The van der Waals surface area contributed by atoms with Gasteiger partial charge in [0.05, 0.1) is 32.9 Å². The summed E-state index contributed by atoms with van der Waals surface area (Å²) < 4.78 is 5.30. The molecule has 3 aromatic carbocycles. The number of benzene rings is 3. The van der Waals surface area contributed by atoms with Crippen molar-refractivity contribution in [1.29, 1.82) is 0 Å². The van der Waals surface area contributed by atoms with Gasteiger partial charge in [0.25, 0.3) is 23.4 Å². The third-order valence-electron chi connectivity index (χ3n) is 8.08. The van der Waals surface area contributed by atoms with E-state index in [0.717, 1.165) is 10.0 Å². The van der Waals surface area contributed by atoms with Crippen LogP contribution in [0.15, 0.2) is 78.9 Å². The molecule has 11 nitrogen and oxygen atoms in total. The molecule has 3 aromatic rings. The molecule has 0 radical (unpaired) electrons. The molecule has 0 spiro atoms. The molecule has 0 aromatic heterocycles. The first-order valence-corrected chi connectivity index (χ1v) is 14.2. The van der Waals surface area contributed by atoms with E-state index in [1.165, 1.54) is 66.7 Å². The first-order chi connectivity index (χ1) is 21.0. The van der Waals surface area contributed by atoms with Gasteiger partial charge in [-0.15, -0.1) is 0 Å². The highest BCUT2D eigenvalue weighted by Gasteiger charge is 2.61. The molecule has 1 heterocycles. The van der Waals surface area contributed by atoms with Gasteiger partial charge in [-0.25, -0.2) is 9.80 Å². The topological polar surface area (TPSA) is 144 Å². The van der Waals surface area contributed by atoms with Crippen LogP contribution in [0.25, 0.3) is 0 Å². The zero-order chi connectivity index (χ0) is 31.3. The number of nitro benzene ring substituents is 1. The summed E-state index contributed by atoms with van der Waals surface area (Å²) in [5, 5.41) is 12.7. The number of rotatable bonds is 8. The second-order valence-corrected chi connectivity index (χ2v) is 11.5.